The van der Waals surface area contributed by atoms with E-state index in [-0.39, 0.29) is 42.4 Å². The molecule has 0 atom stereocenters. The van der Waals surface area contributed by atoms with Gasteiger partial charge in [0.15, 0.2) is 0 Å². The molecular weight excluding hydrogens is 366 g/mol. The third-order valence-electron chi connectivity index (χ3n) is 3.32. The Morgan fingerprint density at radius 2 is 1.92 bits per heavy atom. The number of aryl methyl sites for hydroxylation is 1. The molecular formula is C16H18ClN3O4S. The number of sulfonamides is 1. The highest BCUT2D eigenvalue weighted by Crippen LogP contribution is 2.14. The first kappa shape index (κ1) is 19.2. The number of halogens is 1. The molecule has 2 aromatic rings. The van der Waals surface area contributed by atoms with Crippen LogP contribution in [0.2, 0.25) is 5.02 Å². The van der Waals surface area contributed by atoms with E-state index in [1.54, 1.807) is 30.5 Å². The van der Waals surface area contributed by atoms with E-state index >= 15 is 0 Å². The molecule has 7 nitrogen and oxygen atoms in total. The lowest BCUT2D eigenvalue weighted by molar-refractivity contribution is -0.121. The highest BCUT2D eigenvalue weighted by molar-refractivity contribution is 7.89. The largest absolute Gasteiger partial charge is 0.355 e. The predicted octanol–water partition coefficient (Wildman–Crippen LogP) is 0.987. The average Bonchev–Trinajstić information content (AvgIpc) is 2.58. The van der Waals surface area contributed by atoms with Gasteiger partial charge in [0.2, 0.25) is 15.9 Å². The van der Waals surface area contributed by atoms with Crippen LogP contribution in [0.25, 0.3) is 0 Å². The predicted molar refractivity (Wildman–Crippen MR) is 95.0 cm³/mol. The summed E-state index contributed by atoms with van der Waals surface area (Å²) < 4.78 is 27.9. The Balaban J connectivity index is 1.74. The summed E-state index contributed by atoms with van der Waals surface area (Å²) in [7, 11) is -3.67. The molecule has 2 N–H and O–H groups in total. The highest BCUT2D eigenvalue weighted by atomic mass is 35.5. The molecule has 0 aliphatic heterocycles. The third kappa shape index (κ3) is 6.00. The molecule has 134 valence electrons. The number of rotatable bonds is 8. The summed E-state index contributed by atoms with van der Waals surface area (Å²) in [5, 5.41) is 2.93. The van der Waals surface area contributed by atoms with Crippen molar-refractivity contribution in [2.24, 2.45) is 0 Å². The first-order chi connectivity index (χ1) is 11.9. The molecule has 1 amide bonds. The molecule has 0 aliphatic rings. The van der Waals surface area contributed by atoms with E-state index in [9.17, 15) is 18.0 Å². The van der Waals surface area contributed by atoms with Gasteiger partial charge in [-0.3, -0.25) is 9.59 Å². The van der Waals surface area contributed by atoms with E-state index in [0.717, 1.165) is 0 Å². The van der Waals surface area contributed by atoms with Gasteiger partial charge in [0.05, 0.1) is 4.90 Å². The van der Waals surface area contributed by atoms with Gasteiger partial charge < -0.3 is 9.88 Å². The first-order valence-electron chi connectivity index (χ1n) is 7.56. The van der Waals surface area contributed by atoms with Crippen LogP contribution < -0.4 is 15.6 Å². The SMILES string of the molecule is O=C(CCn1ccccc1=O)NCCNS(=O)(=O)c1cccc(Cl)c1. The van der Waals surface area contributed by atoms with E-state index < -0.39 is 10.0 Å². The lowest BCUT2D eigenvalue weighted by Gasteiger charge is -2.09. The molecule has 1 aromatic carbocycles. The van der Waals surface area contributed by atoms with E-state index in [4.69, 9.17) is 11.6 Å². The van der Waals surface area contributed by atoms with Gasteiger partial charge in [0, 0.05) is 43.3 Å². The summed E-state index contributed by atoms with van der Waals surface area (Å²) >= 11 is 5.78. The second-order valence-electron chi connectivity index (χ2n) is 5.19. The van der Waals surface area contributed by atoms with Crippen molar-refractivity contribution in [3.63, 3.8) is 0 Å². The Hall–Kier alpha value is -2.16. The van der Waals surface area contributed by atoms with Crippen LogP contribution in [-0.4, -0.2) is 32.0 Å². The minimum atomic E-state index is -3.67. The fraction of sp³-hybridized carbons (Fsp3) is 0.250. The quantitative estimate of drug-likeness (QED) is 0.664. The minimum Gasteiger partial charge on any atom is -0.355 e. The zero-order valence-corrected chi connectivity index (χ0v) is 14.9. The zero-order valence-electron chi connectivity index (χ0n) is 13.3. The Morgan fingerprint density at radius 3 is 2.64 bits per heavy atom. The molecule has 1 heterocycles. The van der Waals surface area contributed by atoms with Crippen molar-refractivity contribution in [1.82, 2.24) is 14.6 Å². The monoisotopic (exact) mass is 383 g/mol. The number of carbonyl (C=O) groups excluding carboxylic acids is 1. The highest BCUT2D eigenvalue weighted by Gasteiger charge is 2.13. The van der Waals surface area contributed by atoms with E-state index in [1.807, 2.05) is 0 Å². The Kier molecular flexibility index (Phi) is 6.74. The molecule has 0 fully saturated rings. The number of aromatic nitrogens is 1. The number of benzene rings is 1. The van der Waals surface area contributed by atoms with Gasteiger partial charge in [0.25, 0.3) is 5.56 Å². The van der Waals surface area contributed by atoms with Crippen LogP contribution in [0.3, 0.4) is 0 Å². The Labute approximate surface area is 150 Å². The number of carbonyl (C=O) groups is 1. The summed E-state index contributed by atoms with van der Waals surface area (Å²) in [5.41, 5.74) is -0.176. The molecule has 0 radical (unpaired) electrons. The van der Waals surface area contributed by atoms with Crippen LogP contribution in [0.15, 0.2) is 58.4 Å². The van der Waals surface area contributed by atoms with Gasteiger partial charge in [-0.15, -0.1) is 0 Å². The van der Waals surface area contributed by atoms with Crippen molar-refractivity contribution < 1.29 is 13.2 Å². The van der Waals surface area contributed by atoms with Gasteiger partial charge >= 0.3 is 0 Å². The summed E-state index contributed by atoms with van der Waals surface area (Å²) in [6.45, 7) is 0.452. The zero-order chi connectivity index (χ0) is 18.3. The molecule has 0 spiro atoms. The third-order valence-corrected chi connectivity index (χ3v) is 5.02. The topological polar surface area (TPSA) is 97.3 Å². The minimum absolute atomic E-state index is 0.0475. The standard InChI is InChI=1S/C16H18ClN3O4S/c17-13-4-3-5-14(12-13)25(23,24)19-9-8-18-15(21)7-11-20-10-2-1-6-16(20)22/h1-6,10,12,19H,7-9,11H2,(H,18,21). The van der Waals surface area contributed by atoms with Crippen molar-refractivity contribution in [2.75, 3.05) is 13.1 Å². The Morgan fingerprint density at radius 1 is 1.12 bits per heavy atom. The summed E-state index contributed by atoms with van der Waals surface area (Å²) in [5.74, 6) is -0.266. The molecule has 0 saturated carbocycles. The van der Waals surface area contributed by atoms with Crippen LogP contribution in [-0.2, 0) is 21.4 Å². The van der Waals surface area contributed by atoms with Gasteiger partial charge in [0.1, 0.15) is 0 Å². The van der Waals surface area contributed by atoms with Crippen molar-refractivity contribution in [2.45, 2.75) is 17.9 Å². The second-order valence-corrected chi connectivity index (χ2v) is 7.39. The normalized spacial score (nSPS) is 11.2. The van der Waals surface area contributed by atoms with Crippen molar-refractivity contribution in [1.29, 1.82) is 0 Å². The molecule has 0 aliphatic carbocycles. The van der Waals surface area contributed by atoms with E-state index in [2.05, 4.69) is 10.0 Å². The number of hydrogen-bond acceptors (Lipinski definition) is 4. The van der Waals surface area contributed by atoms with Crippen LogP contribution in [0, 0.1) is 0 Å². The molecule has 1 aromatic heterocycles. The lowest BCUT2D eigenvalue weighted by atomic mass is 10.3. The molecule has 2 rings (SSSR count). The molecule has 0 bridgehead atoms. The summed E-state index contributed by atoms with van der Waals surface area (Å²) in [4.78, 5) is 23.3. The van der Waals surface area contributed by atoms with Crippen LogP contribution in [0.5, 0.6) is 0 Å². The summed E-state index contributed by atoms with van der Waals surface area (Å²) in [6, 6.07) is 10.7. The molecule has 25 heavy (non-hydrogen) atoms. The van der Waals surface area contributed by atoms with Crippen molar-refractivity contribution in [3.05, 3.63) is 64.0 Å². The van der Waals surface area contributed by atoms with Crippen LogP contribution in [0.4, 0.5) is 0 Å². The van der Waals surface area contributed by atoms with Crippen LogP contribution >= 0.6 is 11.6 Å². The fourth-order valence-electron chi connectivity index (χ4n) is 2.06. The number of amides is 1. The maximum absolute atomic E-state index is 12.1. The second kappa shape index (κ2) is 8.80. The number of hydrogen-bond donors (Lipinski definition) is 2. The molecule has 9 heteroatoms. The maximum Gasteiger partial charge on any atom is 0.250 e. The van der Waals surface area contributed by atoms with Crippen molar-refractivity contribution in [3.8, 4) is 0 Å². The van der Waals surface area contributed by atoms with Gasteiger partial charge in [-0.25, -0.2) is 13.1 Å². The van der Waals surface area contributed by atoms with Gasteiger partial charge in [-0.05, 0) is 24.3 Å². The van der Waals surface area contributed by atoms with Gasteiger partial charge in [-0.1, -0.05) is 23.7 Å². The van der Waals surface area contributed by atoms with Gasteiger partial charge in [-0.2, -0.15) is 0 Å². The van der Waals surface area contributed by atoms with E-state index in [1.165, 1.54) is 22.8 Å². The first-order valence-corrected chi connectivity index (χ1v) is 9.42. The summed E-state index contributed by atoms with van der Waals surface area (Å²) in [6.07, 6.45) is 1.74. The molecule has 0 saturated heterocycles. The average molecular weight is 384 g/mol. The van der Waals surface area contributed by atoms with E-state index in [0.29, 0.717) is 5.02 Å². The number of nitrogens with zero attached hydrogens (tertiary/aromatic N) is 1. The smallest absolute Gasteiger partial charge is 0.250 e. The number of nitrogens with one attached hydrogen (secondary N) is 2. The maximum atomic E-state index is 12.1. The number of pyridine rings is 1. The van der Waals surface area contributed by atoms with Crippen molar-refractivity contribution >= 4 is 27.5 Å². The fourth-order valence-corrected chi connectivity index (χ4v) is 3.39. The Bertz CT molecular complexity index is 896. The van der Waals surface area contributed by atoms with Crippen LogP contribution in [0.1, 0.15) is 6.42 Å². The molecule has 0 unspecified atom stereocenters. The lowest BCUT2D eigenvalue weighted by Crippen LogP contribution is -2.35.